The highest BCUT2D eigenvalue weighted by molar-refractivity contribution is 5.95. The fraction of sp³-hybridized carbons (Fsp3) is 0.606. The average Bonchev–Trinajstić information content (AvgIpc) is 3.47. The van der Waals surface area contributed by atoms with Gasteiger partial charge in [-0.05, 0) is 104 Å². The number of nitrogens with zero attached hydrogens (tertiary/aromatic N) is 2. The highest BCUT2D eigenvalue weighted by atomic mass is 16.2. The Bertz CT molecular complexity index is 1210. The fourth-order valence-electron chi connectivity index (χ4n) is 8.46. The molecule has 4 fully saturated rings. The van der Waals surface area contributed by atoms with E-state index in [-0.39, 0.29) is 29.9 Å². The molecule has 4 aliphatic rings. The van der Waals surface area contributed by atoms with Crippen LogP contribution < -0.4 is 22.1 Å². The van der Waals surface area contributed by atoms with Gasteiger partial charge in [0, 0.05) is 37.8 Å². The number of nitrogens with two attached hydrogens (primary N) is 2. The number of rotatable bonds is 12. The number of carbonyl (C=O) groups is 2. The molecular weight excluding hydrogens is 512 g/mol. The second-order valence-corrected chi connectivity index (χ2v) is 12.7. The van der Waals surface area contributed by atoms with Gasteiger partial charge in [0.25, 0.3) is 5.91 Å². The normalized spacial score (nSPS) is 32.0. The van der Waals surface area contributed by atoms with Gasteiger partial charge in [-0.2, -0.15) is 0 Å². The number of hydrogen-bond acceptors (Lipinski definition) is 4. The maximum absolute atomic E-state index is 13.7. The Kier molecular flexibility index (Phi) is 8.88. The van der Waals surface area contributed by atoms with Crippen LogP contribution in [0.3, 0.4) is 0 Å². The summed E-state index contributed by atoms with van der Waals surface area (Å²) in [5, 5.41) is 6.68. The minimum atomic E-state index is -0.311. The highest BCUT2D eigenvalue weighted by Crippen LogP contribution is 2.81. The molecule has 3 saturated carbocycles. The van der Waals surface area contributed by atoms with E-state index in [1.54, 1.807) is 6.08 Å². The van der Waals surface area contributed by atoms with Gasteiger partial charge in [-0.3, -0.25) is 14.6 Å². The molecule has 1 spiro atoms. The van der Waals surface area contributed by atoms with Gasteiger partial charge >= 0.3 is 0 Å². The molecule has 3 aliphatic carbocycles. The Morgan fingerprint density at radius 1 is 1.22 bits per heavy atom. The molecule has 41 heavy (non-hydrogen) atoms. The van der Waals surface area contributed by atoms with Crippen molar-refractivity contribution in [2.24, 2.45) is 45.5 Å². The number of allylic oxidation sites excluding steroid dienone is 1. The van der Waals surface area contributed by atoms with Crippen molar-refractivity contribution < 1.29 is 9.59 Å². The topological polar surface area (TPSA) is 126 Å². The first-order valence-electron chi connectivity index (χ1n) is 15.6. The molecule has 1 aromatic carbocycles. The van der Waals surface area contributed by atoms with Gasteiger partial charge < -0.3 is 27.0 Å². The van der Waals surface area contributed by atoms with Crippen molar-refractivity contribution in [1.29, 1.82) is 0 Å². The van der Waals surface area contributed by atoms with E-state index in [4.69, 9.17) is 11.5 Å². The number of hydrogen-bond donors (Lipinski definition) is 4. The van der Waals surface area contributed by atoms with Gasteiger partial charge in [-0.15, -0.1) is 0 Å². The number of guanidine groups is 1. The maximum atomic E-state index is 13.7. The van der Waals surface area contributed by atoms with E-state index in [1.165, 1.54) is 19.3 Å². The van der Waals surface area contributed by atoms with Crippen molar-refractivity contribution in [2.75, 3.05) is 26.2 Å². The monoisotopic (exact) mass is 560 g/mol. The molecule has 5 rings (SSSR count). The van der Waals surface area contributed by atoms with Gasteiger partial charge in [0.15, 0.2) is 5.96 Å². The summed E-state index contributed by atoms with van der Waals surface area (Å²) in [5.74, 6) is 3.67. The van der Waals surface area contributed by atoms with Crippen LogP contribution in [-0.4, -0.2) is 60.9 Å². The predicted molar refractivity (Wildman–Crippen MR) is 166 cm³/mol. The van der Waals surface area contributed by atoms with Crippen LogP contribution in [0.4, 0.5) is 0 Å². The molecule has 0 aromatic heterocycles. The smallest absolute Gasteiger partial charge is 0.251 e. The summed E-state index contributed by atoms with van der Waals surface area (Å²) in [6.45, 7) is 10.7. The summed E-state index contributed by atoms with van der Waals surface area (Å²) in [7, 11) is 0. The molecule has 1 aliphatic heterocycles. The summed E-state index contributed by atoms with van der Waals surface area (Å²) in [6.07, 6.45) is 13.2. The number of carbonyl (C=O) groups excluding carboxylic acids is 2. The molecule has 2 amide bonds. The minimum absolute atomic E-state index is 0.00156. The third kappa shape index (κ3) is 5.94. The van der Waals surface area contributed by atoms with E-state index in [1.807, 2.05) is 37.3 Å². The summed E-state index contributed by atoms with van der Waals surface area (Å²) < 4.78 is 0. The number of aliphatic imine (C=N–C) groups is 1. The third-order valence-corrected chi connectivity index (χ3v) is 10.6. The molecule has 6 N–H and O–H groups in total. The van der Waals surface area contributed by atoms with Crippen molar-refractivity contribution in [1.82, 2.24) is 15.5 Å². The zero-order chi connectivity index (χ0) is 29.1. The summed E-state index contributed by atoms with van der Waals surface area (Å²) in [5.41, 5.74) is 14.2. The Balaban J connectivity index is 1.19. The minimum Gasteiger partial charge on any atom is -0.370 e. The molecule has 8 heteroatoms. The lowest BCUT2D eigenvalue weighted by molar-refractivity contribution is -0.133. The molecule has 7 unspecified atom stereocenters. The van der Waals surface area contributed by atoms with Crippen LogP contribution in [0.2, 0.25) is 0 Å². The second kappa shape index (κ2) is 12.4. The van der Waals surface area contributed by atoms with Crippen molar-refractivity contribution in [3.05, 3.63) is 47.5 Å². The van der Waals surface area contributed by atoms with Crippen LogP contribution >= 0.6 is 0 Å². The van der Waals surface area contributed by atoms with Crippen LogP contribution in [0.15, 0.2) is 35.8 Å². The molecule has 7 atom stereocenters. The maximum Gasteiger partial charge on any atom is 0.251 e. The zero-order valence-corrected chi connectivity index (χ0v) is 24.8. The Morgan fingerprint density at radius 2 is 2.02 bits per heavy atom. The van der Waals surface area contributed by atoms with Gasteiger partial charge in [0.1, 0.15) is 0 Å². The number of amides is 2. The van der Waals surface area contributed by atoms with E-state index < -0.39 is 0 Å². The fourth-order valence-corrected chi connectivity index (χ4v) is 8.46. The Labute approximate surface area is 245 Å². The molecule has 1 heterocycles. The molecule has 222 valence electrons. The van der Waals surface area contributed by atoms with Gasteiger partial charge in [-0.1, -0.05) is 37.8 Å². The lowest BCUT2D eigenvalue weighted by Gasteiger charge is -2.46. The molecule has 0 bridgehead atoms. The standard InChI is InChI=1S/C33H48N6O2/c1-4-7-23-18-24(10-9-22(23)5-2)30(40)37-20-26-14-17-39(31(41)29(38-26)8-6-15-36-32(34)35)16-13-25-19-33-21(3)27(33)11-12-28(25)33/h4-5,7,9-10,18,21,25-29,38H,2,6,8,11-17,19-20H2,1,3H3,(H,37,40)(H4,34,35,36)/b7-4-. The van der Waals surface area contributed by atoms with Crippen LogP contribution in [0.25, 0.3) is 12.2 Å². The SMILES string of the molecule is C=Cc1ccc(C(=O)NCC2CCN(CCC3CC45C(C)C4CCC35)C(=O)C(CCCN=C(N)N)N2)cc1/C=C\C. The van der Waals surface area contributed by atoms with E-state index in [0.717, 1.165) is 54.2 Å². The number of nitrogens with one attached hydrogen (secondary N) is 2. The average molecular weight is 561 g/mol. The summed E-state index contributed by atoms with van der Waals surface area (Å²) in [6, 6.07) is 5.33. The van der Waals surface area contributed by atoms with Gasteiger partial charge in [0.05, 0.1) is 6.04 Å². The Morgan fingerprint density at radius 3 is 2.76 bits per heavy atom. The quantitative estimate of drug-likeness (QED) is 0.176. The van der Waals surface area contributed by atoms with E-state index in [2.05, 4.69) is 34.0 Å². The highest BCUT2D eigenvalue weighted by Gasteiger charge is 2.75. The van der Waals surface area contributed by atoms with Crippen LogP contribution in [-0.2, 0) is 4.79 Å². The third-order valence-electron chi connectivity index (χ3n) is 10.6. The Hall–Kier alpha value is -3.13. The van der Waals surface area contributed by atoms with Gasteiger partial charge in [0.2, 0.25) is 5.91 Å². The zero-order valence-electron chi connectivity index (χ0n) is 24.8. The second-order valence-electron chi connectivity index (χ2n) is 12.7. The first-order valence-corrected chi connectivity index (χ1v) is 15.6. The summed E-state index contributed by atoms with van der Waals surface area (Å²) >= 11 is 0. The lowest BCUT2D eigenvalue weighted by Crippen LogP contribution is -2.49. The van der Waals surface area contributed by atoms with Crippen molar-refractivity contribution in [3.63, 3.8) is 0 Å². The van der Waals surface area contributed by atoms with Crippen molar-refractivity contribution >= 4 is 29.9 Å². The van der Waals surface area contributed by atoms with E-state index >= 15 is 0 Å². The van der Waals surface area contributed by atoms with Crippen LogP contribution in [0, 0.1) is 29.1 Å². The van der Waals surface area contributed by atoms with Crippen molar-refractivity contribution in [3.8, 4) is 0 Å². The summed E-state index contributed by atoms with van der Waals surface area (Å²) in [4.78, 5) is 32.9. The largest absolute Gasteiger partial charge is 0.370 e. The molecule has 1 aromatic rings. The molecular formula is C33H48N6O2. The first kappa shape index (κ1) is 29.4. The van der Waals surface area contributed by atoms with E-state index in [0.29, 0.717) is 43.5 Å². The van der Waals surface area contributed by atoms with Crippen molar-refractivity contribution in [2.45, 2.75) is 70.9 Å². The molecule has 0 radical (unpaired) electrons. The van der Waals surface area contributed by atoms with Crippen LogP contribution in [0.5, 0.6) is 0 Å². The van der Waals surface area contributed by atoms with Crippen LogP contribution in [0.1, 0.15) is 80.3 Å². The number of benzene rings is 1. The molecule has 8 nitrogen and oxygen atoms in total. The first-order chi connectivity index (χ1) is 19.8. The van der Waals surface area contributed by atoms with E-state index in [9.17, 15) is 9.59 Å². The predicted octanol–water partition coefficient (Wildman–Crippen LogP) is 3.78. The van der Waals surface area contributed by atoms with Gasteiger partial charge in [-0.25, -0.2) is 0 Å². The lowest BCUT2D eigenvalue weighted by atomic mass is 9.60. The molecule has 1 saturated heterocycles.